The summed E-state index contributed by atoms with van der Waals surface area (Å²) in [5.41, 5.74) is 0.999. The maximum absolute atomic E-state index is 11.9. The molecule has 0 aliphatic heterocycles. The van der Waals surface area contributed by atoms with Crippen molar-refractivity contribution in [2.75, 3.05) is 13.6 Å². The van der Waals surface area contributed by atoms with Gasteiger partial charge < -0.3 is 10.2 Å². The Balaban J connectivity index is 1.67. The van der Waals surface area contributed by atoms with Crippen molar-refractivity contribution in [3.63, 3.8) is 0 Å². The van der Waals surface area contributed by atoms with Crippen LogP contribution >= 0.6 is 0 Å². The van der Waals surface area contributed by atoms with Crippen LogP contribution in [0, 0.1) is 11.8 Å². The molecule has 0 spiro atoms. The fraction of sp³-hybridized carbons (Fsp3) is 0.643. The molecule has 6 nitrogen and oxygen atoms in total. The lowest BCUT2D eigenvalue weighted by Crippen LogP contribution is -2.32. The average Bonchev–Trinajstić information content (AvgIpc) is 2.99. The molecular weight excluding hydrogens is 256 g/mol. The summed E-state index contributed by atoms with van der Waals surface area (Å²) in [4.78, 5) is 25.2. The summed E-state index contributed by atoms with van der Waals surface area (Å²) < 4.78 is 1.71. The number of hydrogen-bond acceptors (Lipinski definition) is 3. The zero-order valence-corrected chi connectivity index (χ0v) is 12.3. The second-order valence-electron chi connectivity index (χ2n) is 5.63. The van der Waals surface area contributed by atoms with E-state index in [1.165, 1.54) is 0 Å². The molecule has 0 aromatic carbocycles. The molecule has 1 aliphatic rings. The highest BCUT2D eigenvalue weighted by molar-refractivity contribution is 5.82. The molecule has 2 amide bonds. The quantitative estimate of drug-likeness (QED) is 0.826. The minimum Gasteiger partial charge on any atom is -0.355 e. The largest absolute Gasteiger partial charge is 0.355 e. The van der Waals surface area contributed by atoms with Crippen molar-refractivity contribution in [3.05, 3.63) is 18.0 Å². The third-order valence-corrected chi connectivity index (χ3v) is 3.69. The van der Waals surface area contributed by atoms with Gasteiger partial charge in [0.15, 0.2) is 0 Å². The van der Waals surface area contributed by atoms with Gasteiger partial charge in [-0.3, -0.25) is 14.3 Å². The van der Waals surface area contributed by atoms with Crippen LogP contribution in [0.3, 0.4) is 0 Å². The van der Waals surface area contributed by atoms with Crippen LogP contribution < -0.4 is 5.32 Å². The maximum Gasteiger partial charge on any atom is 0.224 e. The van der Waals surface area contributed by atoms with Gasteiger partial charge in [-0.1, -0.05) is 6.92 Å². The van der Waals surface area contributed by atoms with Gasteiger partial charge in [-0.05, 0) is 12.3 Å². The summed E-state index contributed by atoms with van der Waals surface area (Å²) in [6, 6.07) is 0. The number of rotatable bonds is 6. The summed E-state index contributed by atoms with van der Waals surface area (Å²) >= 11 is 0. The summed E-state index contributed by atoms with van der Waals surface area (Å²) in [6.45, 7) is 3.02. The highest BCUT2D eigenvalue weighted by Crippen LogP contribution is 2.37. The number of nitrogens with zero attached hydrogens (tertiary/aromatic N) is 3. The monoisotopic (exact) mass is 278 g/mol. The third-order valence-electron chi connectivity index (χ3n) is 3.69. The first-order valence-electron chi connectivity index (χ1n) is 6.96. The summed E-state index contributed by atoms with van der Waals surface area (Å²) in [7, 11) is 3.61. The Morgan fingerprint density at radius 1 is 1.55 bits per heavy atom. The van der Waals surface area contributed by atoms with Crippen LogP contribution in [0.1, 0.15) is 25.3 Å². The predicted molar refractivity (Wildman–Crippen MR) is 74.6 cm³/mol. The molecule has 1 aromatic heterocycles. The van der Waals surface area contributed by atoms with E-state index in [1.54, 1.807) is 22.8 Å². The van der Waals surface area contributed by atoms with Crippen molar-refractivity contribution >= 4 is 11.8 Å². The fourth-order valence-corrected chi connectivity index (χ4v) is 2.22. The molecular formula is C14H22N4O2. The zero-order chi connectivity index (χ0) is 14.7. The number of carbonyl (C=O) groups is 2. The molecule has 1 N–H and O–H groups in total. The van der Waals surface area contributed by atoms with Crippen molar-refractivity contribution in [2.45, 2.75) is 26.3 Å². The van der Waals surface area contributed by atoms with E-state index in [9.17, 15) is 9.59 Å². The van der Waals surface area contributed by atoms with Gasteiger partial charge in [0, 0.05) is 51.3 Å². The summed E-state index contributed by atoms with van der Waals surface area (Å²) in [5, 5.41) is 6.90. The predicted octanol–water partition coefficient (Wildman–Crippen LogP) is 0.541. The number of aromatic nitrogens is 2. The van der Waals surface area contributed by atoms with Crippen LogP contribution in [0.25, 0.3) is 0 Å². The lowest BCUT2D eigenvalue weighted by molar-refractivity contribution is -0.130. The van der Waals surface area contributed by atoms with Gasteiger partial charge in [0.1, 0.15) is 0 Å². The molecule has 0 saturated heterocycles. The van der Waals surface area contributed by atoms with Gasteiger partial charge >= 0.3 is 0 Å². The Morgan fingerprint density at radius 3 is 2.80 bits per heavy atom. The second-order valence-corrected chi connectivity index (χ2v) is 5.63. The SMILES string of the molecule is CC1CC1C(=O)NCCC(=O)N(C)Cc1cnn(C)c1. The van der Waals surface area contributed by atoms with E-state index >= 15 is 0 Å². The number of aryl methyl sites for hydroxylation is 1. The minimum absolute atomic E-state index is 0.0259. The van der Waals surface area contributed by atoms with Gasteiger partial charge in [-0.2, -0.15) is 5.10 Å². The molecule has 1 aliphatic carbocycles. The van der Waals surface area contributed by atoms with E-state index in [0.29, 0.717) is 25.4 Å². The Bertz CT molecular complexity index is 497. The van der Waals surface area contributed by atoms with Crippen LogP contribution in [0.4, 0.5) is 0 Å². The van der Waals surface area contributed by atoms with Crippen LogP contribution in [0.5, 0.6) is 0 Å². The molecule has 1 heterocycles. The molecule has 6 heteroatoms. The summed E-state index contributed by atoms with van der Waals surface area (Å²) in [6.07, 6.45) is 4.95. The average molecular weight is 278 g/mol. The molecule has 1 fully saturated rings. The second kappa shape index (κ2) is 6.07. The van der Waals surface area contributed by atoms with Crippen LogP contribution in [-0.4, -0.2) is 40.1 Å². The standard InChI is InChI=1S/C14H22N4O2/c1-10-6-12(10)14(20)15-5-4-13(19)17(2)8-11-7-16-18(3)9-11/h7,9-10,12H,4-6,8H2,1-3H3,(H,15,20). The van der Waals surface area contributed by atoms with Crippen molar-refractivity contribution < 1.29 is 9.59 Å². The molecule has 0 radical (unpaired) electrons. The van der Waals surface area contributed by atoms with E-state index in [2.05, 4.69) is 17.3 Å². The molecule has 20 heavy (non-hydrogen) atoms. The van der Waals surface area contributed by atoms with Gasteiger partial charge in [0.2, 0.25) is 11.8 Å². The normalized spacial score (nSPS) is 20.6. The minimum atomic E-state index is 0.0259. The smallest absolute Gasteiger partial charge is 0.224 e. The molecule has 1 saturated carbocycles. The van der Waals surface area contributed by atoms with Crippen LogP contribution in [-0.2, 0) is 23.2 Å². The van der Waals surface area contributed by atoms with Gasteiger partial charge in [0.05, 0.1) is 6.20 Å². The highest BCUT2D eigenvalue weighted by Gasteiger charge is 2.38. The van der Waals surface area contributed by atoms with E-state index < -0.39 is 0 Å². The highest BCUT2D eigenvalue weighted by atomic mass is 16.2. The van der Waals surface area contributed by atoms with Crippen LogP contribution in [0.2, 0.25) is 0 Å². The number of hydrogen-bond donors (Lipinski definition) is 1. The topological polar surface area (TPSA) is 67.2 Å². The lowest BCUT2D eigenvalue weighted by atomic mass is 10.3. The Labute approximate surface area is 119 Å². The molecule has 2 atom stereocenters. The lowest BCUT2D eigenvalue weighted by Gasteiger charge is -2.16. The van der Waals surface area contributed by atoms with Gasteiger partial charge in [-0.25, -0.2) is 0 Å². The molecule has 110 valence electrons. The molecule has 0 bridgehead atoms. The first-order chi connectivity index (χ1) is 9.47. The van der Waals surface area contributed by atoms with Crippen LogP contribution in [0.15, 0.2) is 12.4 Å². The van der Waals surface area contributed by atoms with E-state index in [4.69, 9.17) is 0 Å². The van der Waals surface area contributed by atoms with E-state index in [-0.39, 0.29) is 17.7 Å². The number of nitrogens with one attached hydrogen (secondary N) is 1. The van der Waals surface area contributed by atoms with Crippen molar-refractivity contribution in [2.24, 2.45) is 18.9 Å². The van der Waals surface area contributed by atoms with Gasteiger partial charge in [-0.15, -0.1) is 0 Å². The van der Waals surface area contributed by atoms with Crippen molar-refractivity contribution in [3.8, 4) is 0 Å². The number of carbonyl (C=O) groups excluding carboxylic acids is 2. The first-order valence-corrected chi connectivity index (χ1v) is 6.96. The van der Waals surface area contributed by atoms with Crippen molar-refractivity contribution in [1.82, 2.24) is 20.0 Å². The molecule has 2 unspecified atom stereocenters. The first kappa shape index (κ1) is 14.6. The Morgan fingerprint density at radius 2 is 2.25 bits per heavy atom. The summed E-state index contributed by atoms with van der Waals surface area (Å²) in [5.74, 6) is 0.774. The van der Waals surface area contributed by atoms with Crippen molar-refractivity contribution in [1.29, 1.82) is 0 Å². The maximum atomic E-state index is 11.9. The zero-order valence-electron chi connectivity index (χ0n) is 12.3. The molecule has 1 aromatic rings. The third kappa shape index (κ3) is 3.82. The number of amides is 2. The Hall–Kier alpha value is -1.85. The molecule has 2 rings (SSSR count). The van der Waals surface area contributed by atoms with E-state index in [1.807, 2.05) is 13.2 Å². The van der Waals surface area contributed by atoms with E-state index in [0.717, 1.165) is 12.0 Å². The van der Waals surface area contributed by atoms with Gasteiger partial charge in [0.25, 0.3) is 0 Å². The fourth-order valence-electron chi connectivity index (χ4n) is 2.22. The Kier molecular flexibility index (Phi) is 4.42.